The fraction of sp³-hybridized carbons (Fsp3) is 1.00. The van der Waals surface area contributed by atoms with E-state index in [2.05, 4.69) is 4.74 Å². The van der Waals surface area contributed by atoms with E-state index in [9.17, 15) is 30.3 Å². The molecule has 0 aliphatic carbocycles. The minimum Gasteiger partial charge on any atom is -0.360 e. The molecule has 0 rings (SSSR count). The maximum absolute atomic E-state index is 10.3. The van der Waals surface area contributed by atoms with E-state index in [1.54, 1.807) is 0 Å². The zero-order valence-corrected chi connectivity index (χ0v) is 7.11. The van der Waals surface area contributed by atoms with E-state index in [1.165, 1.54) is 6.92 Å². The molecule has 0 atom stereocenters. The minimum atomic E-state index is -3.50. The highest BCUT2D eigenvalue weighted by atomic mass is 16.7. The molecule has 0 fully saturated rings. The molecule has 0 heterocycles. The fourth-order valence-electron chi connectivity index (χ4n) is 0.597. The predicted molar refractivity (Wildman–Crippen MR) is 40.2 cm³/mol. The number of hydrogen-bond acceptors (Lipinski definition) is 7. The van der Waals surface area contributed by atoms with Crippen molar-refractivity contribution in [3.8, 4) is 0 Å². The van der Waals surface area contributed by atoms with E-state index in [1.807, 2.05) is 0 Å². The molecule has 0 saturated heterocycles. The van der Waals surface area contributed by atoms with Gasteiger partial charge in [0.05, 0.1) is 0 Å². The Kier molecular flexibility index (Phi) is 3.83. The zero-order chi connectivity index (χ0) is 11.4. The van der Waals surface area contributed by atoms with Gasteiger partial charge in [-0.3, -0.25) is 30.3 Å². The lowest BCUT2D eigenvalue weighted by Crippen LogP contribution is -2.56. The first-order valence-corrected chi connectivity index (χ1v) is 3.40. The number of rotatable bonds is 6. The quantitative estimate of drug-likeness (QED) is 0.326. The molecule has 0 spiro atoms. The molecule has 0 unspecified atom stereocenters. The third-order valence-corrected chi connectivity index (χ3v) is 1.38. The van der Waals surface area contributed by atoms with Crippen molar-refractivity contribution in [2.24, 2.45) is 0 Å². The SMILES string of the molecule is CCOCC([N+](=O)[O-])([N+](=O)[O-])[N+](=O)[O-]. The molecule has 0 saturated carbocycles. The molecule has 0 N–H and O–H groups in total. The summed E-state index contributed by atoms with van der Waals surface area (Å²) in [7, 11) is 0. The maximum Gasteiger partial charge on any atom is 0.723 e. The van der Waals surface area contributed by atoms with Gasteiger partial charge >= 0.3 is 5.79 Å². The third-order valence-electron chi connectivity index (χ3n) is 1.38. The van der Waals surface area contributed by atoms with Crippen molar-refractivity contribution in [1.29, 1.82) is 0 Å². The van der Waals surface area contributed by atoms with Crippen LogP contribution < -0.4 is 0 Å². The average Bonchev–Trinajstić information content (AvgIpc) is 2.03. The molecule has 0 amide bonds. The van der Waals surface area contributed by atoms with Gasteiger partial charge in [-0.05, 0) is 6.92 Å². The summed E-state index contributed by atoms with van der Waals surface area (Å²) in [5.41, 5.74) is 0. The molecule has 0 aliphatic heterocycles. The summed E-state index contributed by atoms with van der Waals surface area (Å²) < 4.78 is 4.36. The first-order chi connectivity index (χ1) is 6.39. The summed E-state index contributed by atoms with van der Waals surface area (Å²) in [5.74, 6) is -3.50. The Balaban J connectivity index is 5.06. The van der Waals surface area contributed by atoms with Crippen molar-refractivity contribution in [1.82, 2.24) is 0 Å². The van der Waals surface area contributed by atoms with Crippen LogP contribution in [0.4, 0.5) is 0 Å². The topological polar surface area (TPSA) is 139 Å². The largest absolute Gasteiger partial charge is 0.723 e. The number of hydrogen-bond donors (Lipinski definition) is 0. The summed E-state index contributed by atoms with van der Waals surface area (Å²) in [5, 5.41) is 30.8. The highest BCUT2D eigenvalue weighted by Gasteiger charge is 2.70. The Hall–Kier alpha value is -1.84. The van der Waals surface area contributed by atoms with Crippen LogP contribution in [0.3, 0.4) is 0 Å². The summed E-state index contributed by atoms with van der Waals surface area (Å²) in [6, 6.07) is 0. The molecule has 0 aromatic rings. The summed E-state index contributed by atoms with van der Waals surface area (Å²) in [4.78, 5) is 26.0. The Morgan fingerprint density at radius 1 is 1.07 bits per heavy atom. The smallest absolute Gasteiger partial charge is 0.360 e. The Morgan fingerprint density at radius 2 is 1.43 bits per heavy atom. The lowest BCUT2D eigenvalue weighted by Gasteiger charge is -2.07. The summed E-state index contributed by atoms with van der Waals surface area (Å²) >= 11 is 0. The van der Waals surface area contributed by atoms with Crippen molar-refractivity contribution in [3.05, 3.63) is 30.3 Å². The maximum atomic E-state index is 10.3. The second kappa shape index (κ2) is 4.41. The summed E-state index contributed by atoms with van der Waals surface area (Å²) in [6.45, 7) is 0.123. The normalized spacial score (nSPS) is 10.9. The molecule has 0 aromatic carbocycles. The van der Waals surface area contributed by atoms with Gasteiger partial charge in [0.15, 0.2) is 14.8 Å². The van der Waals surface area contributed by atoms with E-state index >= 15 is 0 Å². The molecule has 0 aromatic heterocycles. The van der Waals surface area contributed by atoms with Crippen LogP contribution in [0.1, 0.15) is 6.92 Å². The van der Waals surface area contributed by atoms with Crippen molar-refractivity contribution in [3.63, 3.8) is 0 Å². The molecule has 10 heteroatoms. The van der Waals surface area contributed by atoms with Crippen LogP contribution in [-0.4, -0.2) is 33.8 Å². The fourth-order valence-corrected chi connectivity index (χ4v) is 0.597. The average molecular weight is 209 g/mol. The van der Waals surface area contributed by atoms with E-state index < -0.39 is 27.2 Å². The molecule has 80 valence electrons. The minimum absolute atomic E-state index is 0.0860. The van der Waals surface area contributed by atoms with Gasteiger partial charge in [-0.1, -0.05) is 0 Å². The van der Waals surface area contributed by atoms with Crippen LogP contribution in [0, 0.1) is 30.3 Å². The standard InChI is InChI=1S/C4H7N3O7/c1-2-14-3-4(5(8)9,6(10)11)7(12)13/h2-3H2,1H3. The van der Waals surface area contributed by atoms with Crippen molar-refractivity contribution >= 4 is 0 Å². The van der Waals surface area contributed by atoms with E-state index in [0.29, 0.717) is 0 Å². The lowest BCUT2D eigenvalue weighted by atomic mass is 10.4. The highest BCUT2D eigenvalue weighted by molar-refractivity contribution is 4.50. The van der Waals surface area contributed by atoms with Gasteiger partial charge in [-0.25, -0.2) is 0 Å². The van der Waals surface area contributed by atoms with Crippen LogP contribution in [0.5, 0.6) is 0 Å². The lowest BCUT2D eigenvalue weighted by molar-refractivity contribution is -0.970. The first kappa shape index (κ1) is 12.2. The highest BCUT2D eigenvalue weighted by Crippen LogP contribution is 2.12. The molecule has 10 nitrogen and oxygen atoms in total. The summed E-state index contributed by atoms with van der Waals surface area (Å²) in [6.07, 6.45) is 0. The van der Waals surface area contributed by atoms with Crippen LogP contribution in [0.2, 0.25) is 0 Å². The molecular formula is C4H7N3O7. The second-order valence-corrected chi connectivity index (χ2v) is 2.18. The van der Waals surface area contributed by atoms with Crippen LogP contribution in [0.15, 0.2) is 0 Å². The van der Waals surface area contributed by atoms with E-state index in [-0.39, 0.29) is 6.61 Å². The van der Waals surface area contributed by atoms with Gasteiger partial charge in [0.2, 0.25) is 0 Å². The van der Waals surface area contributed by atoms with Crippen molar-refractivity contribution < 1.29 is 19.5 Å². The number of nitrogens with zero attached hydrogens (tertiary/aromatic N) is 3. The van der Waals surface area contributed by atoms with Gasteiger partial charge in [-0.15, -0.1) is 0 Å². The van der Waals surface area contributed by atoms with Crippen molar-refractivity contribution in [2.75, 3.05) is 13.2 Å². The molecule has 0 aliphatic rings. The van der Waals surface area contributed by atoms with E-state index in [0.717, 1.165) is 0 Å². The predicted octanol–water partition coefficient (Wildman–Crippen LogP) is -0.493. The first-order valence-electron chi connectivity index (χ1n) is 3.40. The Labute approximate surface area is 76.9 Å². The Bertz CT molecular complexity index is 228. The Morgan fingerprint density at radius 3 is 1.64 bits per heavy atom. The van der Waals surface area contributed by atoms with Gasteiger partial charge < -0.3 is 4.74 Å². The number of ether oxygens (including phenoxy) is 1. The van der Waals surface area contributed by atoms with Crippen molar-refractivity contribution in [2.45, 2.75) is 12.7 Å². The third kappa shape index (κ3) is 1.90. The second-order valence-electron chi connectivity index (χ2n) is 2.18. The van der Waals surface area contributed by atoms with Gasteiger partial charge in [0.25, 0.3) is 6.61 Å². The number of nitro groups is 3. The molecule has 14 heavy (non-hydrogen) atoms. The molecular weight excluding hydrogens is 202 g/mol. The molecule has 0 radical (unpaired) electrons. The van der Waals surface area contributed by atoms with Crippen LogP contribution >= 0.6 is 0 Å². The van der Waals surface area contributed by atoms with Crippen LogP contribution in [-0.2, 0) is 4.74 Å². The van der Waals surface area contributed by atoms with Gasteiger partial charge in [-0.2, -0.15) is 0 Å². The monoisotopic (exact) mass is 209 g/mol. The molecule has 0 bridgehead atoms. The zero-order valence-electron chi connectivity index (χ0n) is 7.11. The van der Waals surface area contributed by atoms with Gasteiger partial charge in [0, 0.05) is 6.61 Å². The van der Waals surface area contributed by atoms with Gasteiger partial charge in [0.1, 0.15) is 0 Å². The van der Waals surface area contributed by atoms with Crippen LogP contribution in [0.25, 0.3) is 0 Å². The van der Waals surface area contributed by atoms with E-state index in [4.69, 9.17) is 0 Å².